The highest BCUT2D eigenvalue weighted by Gasteiger charge is 2.34. The molecule has 1 unspecified atom stereocenters. The van der Waals surface area contributed by atoms with Crippen LogP contribution in [0.5, 0.6) is 0 Å². The molecule has 0 spiro atoms. The molecular weight excluding hydrogens is 447 g/mol. The zero-order valence-electron chi connectivity index (χ0n) is 20.8. The number of ether oxygens (including phenoxy) is 1. The SMILES string of the molecule is [B]c1cc(CN(C[C@H]2CNCCC2c2ccn(C)c(=O)c2)C2CC2)cc(CCCOC(F)F)c1C. The molecule has 0 bridgehead atoms. The third kappa shape index (κ3) is 7.02. The summed E-state index contributed by atoms with van der Waals surface area (Å²) in [6.45, 7) is 2.98. The Morgan fingerprint density at radius 3 is 2.77 bits per heavy atom. The van der Waals surface area contributed by atoms with Crippen molar-refractivity contribution < 1.29 is 13.5 Å². The predicted octanol–water partition coefficient (Wildman–Crippen LogP) is 3.02. The molecule has 35 heavy (non-hydrogen) atoms. The van der Waals surface area contributed by atoms with E-state index in [9.17, 15) is 13.6 Å². The minimum Gasteiger partial charge on any atom is -0.323 e. The van der Waals surface area contributed by atoms with E-state index >= 15 is 0 Å². The van der Waals surface area contributed by atoms with Gasteiger partial charge in [-0.2, -0.15) is 8.78 Å². The molecule has 2 fully saturated rings. The lowest BCUT2D eigenvalue weighted by Gasteiger charge is -2.36. The van der Waals surface area contributed by atoms with Crippen LogP contribution in [0, 0.1) is 12.8 Å². The first-order valence-electron chi connectivity index (χ1n) is 12.7. The number of nitrogens with one attached hydrogen (secondary N) is 1. The number of aryl methyl sites for hydroxylation is 2. The van der Waals surface area contributed by atoms with E-state index in [0.717, 1.165) is 54.8 Å². The van der Waals surface area contributed by atoms with Crippen molar-refractivity contribution in [3.05, 3.63) is 63.1 Å². The number of rotatable bonds is 11. The van der Waals surface area contributed by atoms with Crippen LogP contribution in [0.3, 0.4) is 0 Å². The zero-order chi connectivity index (χ0) is 24.9. The highest BCUT2D eigenvalue weighted by Crippen LogP contribution is 2.35. The number of hydrogen-bond donors (Lipinski definition) is 1. The Labute approximate surface area is 208 Å². The second-order valence-corrected chi connectivity index (χ2v) is 10.1. The van der Waals surface area contributed by atoms with Gasteiger partial charge in [-0.25, -0.2) is 0 Å². The fourth-order valence-corrected chi connectivity index (χ4v) is 5.32. The van der Waals surface area contributed by atoms with Gasteiger partial charge >= 0.3 is 6.61 Å². The Bertz CT molecular complexity index is 1060. The van der Waals surface area contributed by atoms with Gasteiger partial charge in [-0.1, -0.05) is 23.2 Å². The average Bonchev–Trinajstić information content (AvgIpc) is 3.67. The molecule has 1 N–H and O–H groups in total. The lowest BCUT2D eigenvalue weighted by molar-refractivity contribution is -0.129. The zero-order valence-corrected chi connectivity index (χ0v) is 20.8. The largest absolute Gasteiger partial charge is 0.345 e. The van der Waals surface area contributed by atoms with E-state index in [0.29, 0.717) is 30.7 Å². The fourth-order valence-electron chi connectivity index (χ4n) is 5.32. The molecule has 2 heterocycles. The van der Waals surface area contributed by atoms with Crippen molar-refractivity contribution in [3.8, 4) is 0 Å². The summed E-state index contributed by atoms with van der Waals surface area (Å²) in [5, 5.41) is 3.56. The van der Waals surface area contributed by atoms with Crippen molar-refractivity contribution in [1.29, 1.82) is 0 Å². The van der Waals surface area contributed by atoms with Crippen molar-refractivity contribution in [2.45, 2.75) is 64.1 Å². The summed E-state index contributed by atoms with van der Waals surface area (Å²) in [6, 6.07) is 8.71. The van der Waals surface area contributed by atoms with Crippen molar-refractivity contribution in [2.75, 3.05) is 26.2 Å². The highest BCUT2D eigenvalue weighted by atomic mass is 19.3. The molecule has 5 nitrogen and oxygen atoms in total. The minimum atomic E-state index is -2.73. The van der Waals surface area contributed by atoms with Gasteiger partial charge in [-0.15, -0.1) is 0 Å². The van der Waals surface area contributed by atoms with E-state index in [2.05, 4.69) is 33.2 Å². The van der Waals surface area contributed by atoms with Crippen LogP contribution in [-0.4, -0.2) is 56.2 Å². The molecular formula is C27H36BF2N3O2. The summed E-state index contributed by atoms with van der Waals surface area (Å²) in [4.78, 5) is 14.8. The maximum Gasteiger partial charge on any atom is 0.345 e. The van der Waals surface area contributed by atoms with Gasteiger partial charge in [0.2, 0.25) is 0 Å². The van der Waals surface area contributed by atoms with Crippen LogP contribution in [0.1, 0.15) is 53.9 Å². The second kappa shape index (κ2) is 11.8. The van der Waals surface area contributed by atoms with Crippen molar-refractivity contribution in [2.24, 2.45) is 13.0 Å². The lowest BCUT2D eigenvalue weighted by atomic mass is 9.81. The average molecular weight is 483 g/mol. The summed E-state index contributed by atoms with van der Waals surface area (Å²) < 4.78 is 30.6. The second-order valence-electron chi connectivity index (χ2n) is 10.1. The number of pyridine rings is 1. The lowest BCUT2D eigenvalue weighted by Crippen LogP contribution is -2.43. The number of alkyl halides is 2. The van der Waals surface area contributed by atoms with Gasteiger partial charge in [0.1, 0.15) is 7.85 Å². The molecule has 2 aromatic rings. The molecule has 2 radical (unpaired) electrons. The first-order chi connectivity index (χ1) is 16.8. The van der Waals surface area contributed by atoms with E-state index in [1.54, 1.807) is 17.7 Å². The van der Waals surface area contributed by atoms with Gasteiger partial charge in [0.15, 0.2) is 0 Å². The topological polar surface area (TPSA) is 46.5 Å². The van der Waals surface area contributed by atoms with E-state index in [4.69, 9.17) is 7.85 Å². The molecule has 1 aliphatic heterocycles. The van der Waals surface area contributed by atoms with Crippen LogP contribution in [-0.2, 0) is 24.8 Å². The monoisotopic (exact) mass is 483 g/mol. The number of aromatic nitrogens is 1. The van der Waals surface area contributed by atoms with Crippen LogP contribution in [0.15, 0.2) is 35.3 Å². The van der Waals surface area contributed by atoms with Crippen LogP contribution in [0.4, 0.5) is 8.78 Å². The Morgan fingerprint density at radius 2 is 2.06 bits per heavy atom. The van der Waals surface area contributed by atoms with E-state index in [-0.39, 0.29) is 12.2 Å². The normalized spacial score (nSPS) is 20.6. The molecule has 0 amide bonds. The van der Waals surface area contributed by atoms with Crippen LogP contribution in [0.2, 0.25) is 0 Å². The predicted molar refractivity (Wildman–Crippen MR) is 136 cm³/mol. The maximum atomic E-state index is 12.3. The van der Waals surface area contributed by atoms with Gasteiger partial charge in [-0.3, -0.25) is 9.69 Å². The number of halogens is 2. The smallest absolute Gasteiger partial charge is 0.323 e. The standard InChI is InChI=1S/C27H36BF2N3O2/c1-18-20(4-3-11-35-27(29)30)12-19(13-25(18)28)16-33(23-5-6-23)17-22-15-31-9-7-24(22)21-8-10-32(2)26(34)14-21/h8,10,12-14,22-24,27,31H,3-7,9,11,15-17H2,1-2H3/t22-,24?/m1/s1. The van der Waals surface area contributed by atoms with Crippen LogP contribution in [0.25, 0.3) is 0 Å². The number of nitrogens with zero attached hydrogens (tertiary/aromatic N) is 2. The number of hydrogen-bond acceptors (Lipinski definition) is 4. The Hall–Kier alpha value is -2.03. The Morgan fingerprint density at radius 1 is 1.26 bits per heavy atom. The van der Waals surface area contributed by atoms with Crippen LogP contribution < -0.4 is 16.3 Å². The summed E-state index contributed by atoms with van der Waals surface area (Å²) in [7, 11) is 8.12. The Kier molecular flexibility index (Phi) is 8.79. The minimum absolute atomic E-state index is 0.0358. The molecule has 1 saturated carbocycles. The summed E-state index contributed by atoms with van der Waals surface area (Å²) in [5.41, 5.74) is 5.22. The molecule has 1 aliphatic carbocycles. The molecule has 1 aromatic carbocycles. The van der Waals surface area contributed by atoms with E-state index in [1.165, 1.54) is 18.4 Å². The highest BCUT2D eigenvalue weighted by molar-refractivity contribution is 6.33. The molecule has 2 atom stereocenters. The van der Waals surface area contributed by atoms with E-state index in [1.807, 2.05) is 13.1 Å². The molecule has 2 aliphatic rings. The van der Waals surface area contributed by atoms with Crippen molar-refractivity contribution >= 4 is 13.3 Å². The quantitative estimate of drug-likeness (QED) is 0.395. The molecule has 188 valence electrons. The summed E-state index contributed by atoms with van der Waals surface area (Å²) in [5.74, 6) is 0.783. The third-order valence-corrected chi connectivity index (χ3v) is 7.53. The van der Waals surface area contributed by atoms with Crippen molar-refractivity contribution in [3.63, 3.8) is 0 Å². The first-order valence-corrected chi connectivity index (χ1v) is 12.7. The van der Waals surface area contributed by atoms with Gasteiger partial charge < -0.3 is 14.6 Å². The first kappa shape index (κ1) is 26.0. The van der Waals surface area contributed by atoms with Crippen LogP contribution >= 0.6 is 0 Å². The van der Waals surface area contributed by atoms with Gasteiger partial charge in [-0.05, 0) is 86.7 Å². The number of benzene rings is 1. The maximum absolute atomic E-state index is 12.3. The van der Waals surface area contributed by atoms with Gasteiger partial charge in [0.05, 0.1) is 6.61 Å². The summed E-state index contributed by atoms with van der Waals surface area (Å²) in [6.07, 6.45) is 6.51. The Balaban J connectivity index is 1.47. The molecule has 1 saturated heterocycles. The summed E-state index contributed by atoms with van der Waals surface area (Å²) >= 11 is 0. The van der Waals surface area contributed by atoms with Gasteiger partial charge in [0, 0.05) is 38.4 Å². The fraction of sp³-hybridized carbons (Fsp3) is 0.593. The van der Waals surface area contributed by atoms with E-state index < -0.39 is 6.61 Å². The molecule has 1 aromatic heterocycles. The molecule has 8 heteroatoms. The third-order valence-electron chi connectivity index (χ3n) is 7.53. The number of piperidine rings is 1. The van der Waals surface area contributed by atoms with Crippen molar-refractivity contribution in [1.82, 2.24) is 14.8 Å². The molecule has 4 rings (SSSR count). The van der Waals surface area contributed by atoms with Gasteiger partial charge in [0.25, 0.3) is 5.56 Å².